The molecule has 5 nitrogen and oxygen atoms in total. The summed E-state index contributed by atoms with van der Waals surface area (Å²) in [7, 11) is 0. The fourth-order valence-corrected chi connectivity index (χ4v) is 2.74. The largest absolute Gasteiger partial charge is 0.454 e. The van der Waals surface area contributed by atoms with E-state index in [9.17, 15) is 9.59 Å². The van der Waals surface area contributed by atoms with E-state index in [1.165, 1.54) is 17.4 Å². The molecule has 0 aliphatic carbocycles. The van der Waals surface area contributed by atoms with E-state index in [0.717, 1.165) is 10.4 Å². The number of H-pyrrole nitrogens is 1. The maximum atomic E-state index is 12.0. The van der Waals surface area contributed by atoms with Gasteiger partial charge in [0.1, 0.15) is 17.3 Å². The molecule has 6 heteroatoms. The van der Waals surface area contributed by atoms with Crippen LogP contribution in [0.3, 0.4) is 0 Å². The Morgan fingerprint density at radius 3 is 2.89 bits per heavy atom. The highest BCUT2D eigenvalue weighted by Gasteiger charge is 2.12. The lowest BCUT2D eigenvalue weighted by Crippen LogP contribution is -2.13. The van der Waals surface area contributed by atoms with Crippen LogP contribution in [0.2, 0.25) is 0 Å². The van der Waals surface area contributed by atoms with E-state index in [0.29, 0.717) is 16.0 Å². The maximum Gasteiger partial charge on any atom is 0.330 e. The van der Waals surface area contributed by atoms with Crippen molar-refractivity contribution < 1.29 is 9.53 Å². The molecule has 0 amide bonds. The fraction of sp³-hybridized carbons (Fsp3) is 0.308. The minimum absolute atomic E-state index is 0.0374. The molecule has 0 aliphatic rings. The molecule has 0 unspecified atom stereocenters. The Labute approximate surface area is 113 Å². The standard InChI is InChI=1S/C13H14N2O3S/c1-4-5-10(16)18-6-9-14-12(17)11-7(2)8(3)19-13(11)15-9/h4-5H,6H2,1-3H3,(H,14,15,17). The summed E-state index contributed by atoms with van der Waals surface area (Å²) in [6.45, 7) is 5.54. The molecular weight excluding hydrogens is 264 g/mol. The quantitative estimate of drug-likeness (QED) is 0.690. The van der Waals surface area contributed by atoms with Crippen LogP contribution >= 0.6 is 11.3 Å². The van der Waals surface area contributed by atoms with Crippen molar-refractivity contribution in [2.45, 2.75) is 27.4 Å². The first-order chi connectivity index (χ1) is 9.02. The average molecular weight is 278 g/mol. The van der Waals surface area contributed by atoms with Gasteiger partial charge >= 0.3 is 5.97 Å². The van der Waals surface area contributed by atoms with Crippen molar-refractivity contribution >= 4 is 27.5 Å². The second-order valence-corrected chi connectivity index (χ2v) is 5.29. The van der Waals surface area contributed by atoms with E-state index in [-0.39, 0.29) is 12.2 Å². The molecule has 2 heterocycles. The van der Waals surface area contributed by atoms with Crippen LogP contribution < -0.4 is 5.56 Å². The molecule has 0 aromatic carbocycles. The molecule has 0 saturated carbocycles. The molecule has 2 aromatic heterocycles. The van der Waals surface area contributed by atoms with E-state index in [1.54, 1.807) is 13.0 Å². The Kier molecular flexibility index (Phi) is 3.80. The number of aromatic nitrogens is 2. The van der Waals surface area contributed by atoms with Crippen LogP contribution in [0.1, 0.15) is 23.2 Å². The number of thiophene rings is 1. The first-order valence-electron chi connectivity index (χ1n) is 5.81. The Hall–Kier alpha value is -1.95. The topological polar surface area (TPSA) is 72.0 Å². The maximum absolute atomic E-state index is 12.0. The van der Waals surface area contributed by atoms with Gasteiger partial charge in [-0.15, -0.1) is 11.3 Å². The highest BCUT2D eigenvalue weighted by molar-refractivity contribution is 7.18. The van der Waals surface area contributed by atoms with Crippen molar-refractivity contribution in [3.63, 3.8) is 0 Å². The summed E-state index contributed by atoms with van der Waals surface area (Å²) in [5.41, 5.74) is 0.759. The van der Waals surface area contributed by atoms with Gasteiger partial charge in [-0.2, -0.15) is 0 Å². The molecule has 0 bridgehead atoms. The molecule has 1 N–H and O–H groups in total. The Morgan fingerprint density at radius 1 is 1.47 bits per heavy atom. The van der Waals surface area contributed by atoms with Crippen LogP contribution in [0.25, 0.3) is 10.2 Å². The number of fused-ring (bicyclic) bond motifs is 1. The van der Waals surface area contributed by atoms with Crippen molar-refractivity contribution in [2.75, 3.05) is 0 Å². The number of allylic oxidation sites excluding steroid dienone is 1. The van der Waals surface area contributed by atoms with Crippen molar-refractivity contribution in [1.82, 2.24) is 9.97 Å². The van der Waals surface area contributed by atoms with E-state index < -0.39 is 5.97 Å². The molecular formula is C13H14N2O3S. The number of esters is 1. The highest BCUT2D eigenvalue weighted by Crippen LogP contribution is 2.25. The van der Waals surface area contributed by atoms with E-state index in [4.69, 9.17) is 4.74 Å². The monoisotopic (exact) mass is 278 g/mol. The number of ether oxygens (including phenoxy) is 1. The number of aromatic amines is 1. The lowest BCUT2D eigenvalue weighted by Gasteiger charge is -2.01. The first kappa shape index (κ1) is 13.5. The van der Waals surface area contributed by atoms with E-state index in [1.807, 2.05) is 13.8 Å². The number of nitrogens with zero attached hydrogens (tertiary/aromatic N) is 1. The van der Waals surface area contributed by atoms with Gasteiger partial charge in [-0.25, -0.2) is 9.78 Å². The third-order valence-electron chi connectivity index (χ3n) is 2.74. The molecule has 0 aliphatic heterocycles. The molecule has 19 heavy (non-hydrogen) atoms. The SMILES string of the molecule is CC=CC(=O)OCc1nc2sc(C)c(C)c2c(=O)[nH]1. The summed E-state index contributed by atoms with van der Waals surface area (Å²) in [6, 6.07) is 0. The molecule has 0 fully saturated rings. The zero-order valence-electron chi connectivity index (χ0n) is 10.9. The number of nitrogens with one attached hydrogen (secondary N) is 1. The van der Waals surface area contributed by atoms with Gasteiger partial charge in [0.25, 0.3) is 5.56 Å². The Morgan fingerprint density at radius 2 is 2.21 bits per heavy atom. The second-order valence-electron chi connectivity index (χ2n) is 4.08. The Bertz CT molecular complexity index is 712. The predicted octanol–water partition coefficient (Wildman–Crippen LogP) is 2.22. The van der Waals surface area contributed by atoms with Gasteiger partial charge < -0.3 is 9.72 Å². The summed E-state index contributed by atoms with van der Waals surface area (Å²) < 4.78 is 4.96. The van der Waals surface area contributed by atoms with E-state index in [2.05, 4.69) is 9.97 Å². The summed E-state index contributed by atoms with van der Waals surface area (Å²) in [4.78, 5) is 31.9. The van der Waals surface area contributed by atoms with Gasteiger partial charge in [0.2, 0.25) is 0 Å². The van der Waals surface area contributed by atoms with Crippen LogP contribution in [0, 0.1) is 13.8 Å². The Balaban J connectivity index is 2.31. The van der Waals surface area contributed by atoms with Crippen LogP contribution in [-0.2, 0) is 16.1 Å². The lowest BCUT2D eigenvalue weighted by atomic mass is 10.2. The normalized spacial score (nSPS) is 11.3. The molecule has 2 rings (SSSR count). The average Bonchev–Trinajstić information content (AvgIpc) is 2.63. The van der Waals surface area contributed by atoms with Gasteiger partial charge in [-0.3, -0.25) is 4.79 Å². The molecule has 100 valence electrons. The minimum Gasteiger partial charge on any atom is -0.454 e. The number of rotatable bonds is 3. The smallest absolute Gasteiger partial charge is 0.330 e. The van der Waals surface area contributed by atoms with Gasteiger partial charge in [-0.05, 0) is 26.3 Å². The summed E-state index contributed by atoms with van der Waals surface area (Å²) in [5, 5.41) is 0.617. The van der Waals surface area contributed by atoms with Crippen molar-refractivity contribution in [2.24, 2.45) is 0 Å². The lowest BCUT2D eigenvalue weighted by molar-refractivity contribution is -0.139. The zero-order valence-corrected chi connectivity index (χ0v) is 11.8. The predicted molar refractivity (Wildman–Crippen MR) is 74.3 cm³/mol. The fourth-order valence-electron chi connectivity index (χ4n) is 1.69. The molecule has 0 spiro atoms. The number of hydrogen-bond acceptors (Lipinski definition) is 5. The summed E-state index contributed by atoms with van der Waals surface area (Å²) >= 11 is 1.47. The summed E-state index contributed by atoms with van der Waals surface area (Å²) in [6.07, 6.45) is 2.91. The van der Waals surface area contributed by atoms with Crippen LogP contribution in [0.15, 0.2) is 16.9 Å². The van der Waals surface area contributed by atoms with Gasteiger partial charge in [0.15, 0.2) is 0 Å². The zero-order chi connectivity index (χ0) is 14.0. The van der Waals surface area contributed by atoms with Gasteiger partial charge in [0.05, 0.1) is 5.39 Å². The van der Waals surface area contributed by atoms with Crippen LogP contribution in [0.5, 0.6) is 0 Å². The van der Waals surface area contributed by atoms with Gasteiger partial charge in [0, 0.05) is 11.0 Å². The molecule has 0 radical (unpaired) electrons. The minimum atomic E-state index is -0.455. The van der Waals surface area contributed by atoms with Gasteiger partial charge in [-0.1, -0.05) is 6.08 Å². The second kappa shape index (κ2) is 5.36. The molecule has 0 saturated heterocycles. The number of carbonyl (C=O) groups is 1. The van der Waals surface area contributed by atoms with Crippen molar-refractivity contribution in [1.29, 1.82) is 0 Å². The number of carbonyl (C=O) groups excluding carboxylic acids is 1. The molecule has 0 atom stereocenters. The van der Waals surface area contributed by atoms with Crippen LogP contribution in [-0.4, -0.2) is 15.9 Å². The third kappa shape index (κ3) is 2.73. The number of aryl methyl sites for hydroxylation is 2. The summed E-state index contributed by atoms with van der Waals surface area (Å²) in [5.74, 6) is -0.0969. The molecule has 2 aromatic rings. The van der Waals surface area contributed by atoms with Crippen molar-refractivity contribution in [3.8, 4) is 0 Å². The first-order valence-corrected chi connectivity index (χ1v) is 6.63. The van der Waals surface area contributed by atoms with E-state index >= 15 is 0 Å². The highest BCUT2D eigenvalue weighted by atomic mass is 32.1. The van der Waals surface area contributed by atoms with Crippen molar-refractivity contribution in [3.05, 3.63) is 38.8 Å². The van der Waals surface area contributed by atoms with Crippen LogP contribution in [0.4, 0.5) is 0 Å². The number of hydrogen-bond donors (Lipinski definition) is 1. The third-order valence-corrected chi connectivity index (χ3v) is 3.84.